The van der Waals surface area contributed by atoms with Crippen molar-refractivity contribution in [1.29, 1.82) is 5.26 Å². The number of amides is 1. The van der Waals surface area contributed by atoms with E-state index in [9.17, 15) is 13.6 Å². The SMILES string of the molecule is COc1cc(C(=O)Nc2cccc(OCc3cccc(C#N)c3)c2)ccc1OC(F)F. The number of nitrogens with one attached hydrogen (secondary N) is 1. The van der Waals surface area contributed by atoms with E-state index in [2.05, 4.69) is 16.1 Å². The third-order valence-electron chi connectivity index (χ3n) is 4.20. The molecule has 6 nitrogen and oxygen atoms in total. The van der Waals surface area contributed by atoms with Gasteiger partial charge in [0.05, 0.1) is 18.7 Å². The Kier molecular flexibility index (Phi) is 7.01. The van der Waals surface area contributed by atoms with Gasteiger partial charge in [-0.25, -0.2) is 0 Å². The minimum atomic E-state index is -3.00. The monoisotopic (exact) mass is 424 g/mol. The smallest absolute Gasteiger partial charge is 0.387 e. The molecule has 0 radical (unpaired) electrons. The summed E-state index contributed by atoms with van der Waals surface area (Å²) in [6.45, 7) is -2.74. The molecule has 0 bridgehead atoms. The quantitative estimate of drug-likeness (QED) is 0.550. The Bertz CT molecular complexity index is 1110. The molecule has 0 atom stereocenters. The Labute approximate surface area is 177 Å². The molecule has 0 aliphatic carbocycles. The molecule has 0 saturated carbocycles. The fourth-order valence-corrected chi connectivity index (χ4v) is 2.77. The first-order valence-electron chi connectivity index (χ1n) is 9.14. The summed E-state index contributed by atoms with van der Waals surface area (Å²) < 4.78 is 40.0. The lowest BCUT2D eigenvalue weighted by Crippen LogP contribution is -2.12. The van der Waals surface area contributed by atoms with Crippen molar-refractivity contribution < 1.29 is 27.8 Å². The molecule has 31 heavy (non-hydrogen) atoms. The first-order chi connectivity index (χ1) is 15.0. The van der Waals surface area contributed by atoms with E-state index in [1.54, 1.807) is 42.5 Å². The van der Waals surface area contributed by atoms with E-state index in [0.717, 1.165) is 5.56 Å². The van der Waals surface area contributed by atoms with Crippen molar-refractivity contribution in [3.63, 3.8) is 0 Å². The van der Waals surface area contributed by atoms with Crippen molar-refractivity contribution in [1.82, 2.24) is 0 Å². The maximum Gasteiger partial charge on any atom is 0.387 e. The molecule has 3 aromatic carbocycles. The van der Waals surface area contributed by atoms with E-state index in [-0.39, 0.29) is 23.7 Å². The number of carbonyl (C=O) groups is 1. The number of alkyl halides is 2. The maximum absolute atomic E-state index is 12.5. The number of nitrogens with zero attached hydrogens (tertiary/aromatic N) is 1. The van der Waals surface area contributed by atoms with Crippen LogP contribution in [-0.2, 0) is 6.61 Å². The van der Waals surface area contributed by atoms with Gasteiger partial charge < -0.3 is 19.5 Å². The molecule has 0 aromatic heterocycles. The van der Waals surface area contributed by atoms with Gasteiger partial charge in [0.25, 0.3) is 5.91 Å². The predicted molar refractivity (Wildman–Crippen MR) is 110 cm³/mol. The lowest BCUT2D eigenvalue weighted by atomic mass is 10.1. The first-order valence-corrected chi connectivity index (χ1v) is 9.14. The average Bonchev–Trinajstić information content (AvgIpc) is 2.78. The third-order valence-corrected chi connectivity index (χ3v) is 4.20. The topological polar surface area (TPSA) is 80.6 Å². The Hall–Kier alpha value is -4.12. The van der Waals surface area contributed by atoms with Crippen LogP contribution in [0.2, 0.25) is 0 Å². The average molecular weight is 424 g/mol. The number of ether oxygens (including phenoxy) is 3. The fraction of sp³-hybridized carbons (Fsp3) is 0.130. The van der Waals surface area contributed by atoms with E-state index in [1.807, 2.05) is 6.07 Å². The first kappa shape index (κ1) is 21.6. The Balaban J connectivity index is 1.67. The van der Waals surface area contributed by atoms with Gasteiger partial charge >= 0.3 is 6.61 Å². The predicted octanol–water partition coefficient (Wildman–Crippen LogP) is 5.00. The summed E-state index contributed by atoms with van der Waals surface area (Å²) in [4.78, 5) is 12.5. The van der Waals surface area contributed by atoms with Gasteiger partial charge in [-0.1, -0.05) is 18.2 Å². The molecule has 0 unspecified atom stereocenters. The van der Waals surface area contributed by atoms with Crippen molar-refractivity contribution in [2.45, 2.75) is 13.2 Å². The number of halogens is 2. The standard InChI is InChI=1S/C23H18F2N2O4/c1-29-21-11-17(8-9-20(21)31-23(24)25)22(28)27-18-6-3-7-19(12-18)30-14-16-5-2-4-15(10-16)13-26/h2-12,23H,14H2,1H3,(H,27,28). The molecule has 0 saturated heterocycles. The van der Waals surface area contributed by atoms with Crippen LogP contribution in [0, 0.1) is 11.3 Å². The van der Waals surface area contributed by atoms with E-state index in [4.69, 9.17) is 14.7 Å². The van der Waals surface area contributed by atoms with E-state index >= 15 is 0 Å². The van der Waals surface area contributed by atoms with Gasteiger partial charge in [0, 0.05) is 17.3 Å². The van der Waals surface area contributed by atoms with Crippen LogP contribution in [0.3, 0.4) is 0 Å². The number of methoxy groups -OCH3 is 1. The molecule has 1 N–H and O–H groups in total. The van der Waals surface area contributed by atoms with Crippen molar-refractivity contribution in [3.8, 4) is 23.3 Å². The van der Waals surface area contributed by atoms with Gasteiger partial charge in [-0.2, -0.15) is 14.0 Å². The van der Waals surface area contributed by atoms with Crippen LogP contribution in [0.15, 0.2) is 66.7 Å². The summed E-state index contributed by atoms with van der Waals surface area (Å²) in [5, 5.41) is 11.7. The van der Waals surface area contributed by atoms with Crippen molar-refractivity contribution in [2.75, 3.05) is 12.4 Å². The molecular formula is C23H18F2N2O4. The lowest BCUT2D eigenvalue weighted by Gasteiger charge is -2.12. The summed E-state index contributed by atoms with van der Waals surface area (Å²) in [6, 6.07) is 19.9. The Morgan fingerprint density at radius 3 is 2.61 bits per heavy atom. The second-order valence-electron chi connectivity index (χ2n) is 6.33. The van der Waals surface area contributed by atoms with Crippen molar-refractivity contribution >= 4 is 11.6 Å². The number of nitriles is 1. The zero-order chi connectivity index (χ0) is 22.2. The number of hydrogen-bond acceptors (Lipinski definition) is 5. The summed E-state index contributed by atoms with van der Waals surface area (Å²) in [6.07, 6.45) is 0. The number of carbonyl (C=O) groups excluding carboxylic acids is 1. The number of hydrogen-bond donors (Lipinski definition) is 1. The molecule has 3 rings (SSSR count). The van der Waals surface area contributed by atoms with Crippen LogP contribution in [0.25, 0.3) is 0 Å². The van der Waals surface area contributed by atoms with Crippen molar-refractivity contribution in [2.24, 2.45) is 0 Å². The van der Waals surface area contributed by atoms with Gasteiger partial charge in [-0.05, 0) is 48.0 Å². The molecule has 8 heteroatoms. The highest BCUT2D eigenvalue weighted by Crippen LogP contribution is 2.30. The van der Waals surface area contributed by atoms with Crippen LogP contribution in [0.4, 0.5) is 14.5 Å². The van der Waals surface area contributed by atoms with Crippen LogP contribution >= 0.6 is 0 Å². The van der Waals surface area contributed by atoms with Crippen LogP contribution in [-0.4, -0.2) is 19.6 Å². The maximum atomic E-state index is 12.5. The molecule has 158 valence electrons. The zero-order valence-electron chi connectivity index (χ0n) is 16.5. The summed E-state index contributed by atoms with van der Waals surface area (Å²) in [5.74, 6) is -0.0752. The second kappa shape index (κ2) is 10.1. The van der Waals surface area contributed by atoms with Crippen LogP contribution < -0.4 is 19.5 Å². The minimum absolute atomic E-state index is 0.0182. The van der Waals surface area contributed by atoms with Gasteiger partial charge in [-0.3, -0.25) is 4.79 Å². The van der Waals surface area contributed by atoms with E-state index < -0.39 is 12.5 Å². The number of anilines is 1. The normalized spacial score (nSPS) is 10.3. The molecule has 0 aliphatic rings. The summed E-state index contributed by atoms with van der Waals surface area (Å²) in [7, 11) is 1.29. The molecule has 0 heterocycles. The molecule has 0 spiro atoms. The Morgan fingerprint density at radius 1 is 1.06 bits per heavy atom. The number of rotatable bonds is 8. The molecule has 3 aromatic rings. The lowest BCUT2D eigenvalue weighted by molar-refractivity contribution is -0.0512. The summed E-state index contributed by atoms with van der Waals surface area (Å²) in [5.41, 5.74) is 2.08. The number of benzene rings is 3. The zero-order valence-corrected chi connectivity index (χ0v) is 16.5. The highest BCUT2D eigenvalue weighted by atomic mass is 19.3. The summed E-state index contributed by atoms with van der Waals surface area (Å²) >= 11 is 0. The van der Waals surface area contributed by atoms with Gasteiger partial charge in [-0.15, -0.1) is 0 Å². The van der Waals surface area contributed by atoms with Gasteiger partial charge in [0.1, 0.15) is 12.4 Å². The molecule has 1 amide bonds. The van der Waals surface area contributed by atoms with E-state index in [0.29, 0.717) is 17.0 Å². The van der Waals surface area contributed by atoms with Crippen LogP contribution in [0.1, 0.15) is 21.5 Å². The highest BCUT2D eigenvalue weighted by Gasteiger charge is 2.14. The Morgan fingerprint density at radius 2 is 1.87 bits per heavy atom. The molecule has 0 aliphatic heterocycles. The largest absolute Gasteiger partial charge is 0.493 e. The van der Waals surface area contributed by atoms with Crippen molar-refractivity contribution in [3.05, 3.63) is 83.4 Å². The van der Waals surface area contributed by atoms with Gasteiger partial charge in [0.2, 0.25) is 0 Å². The highest BCUT2D eigenvalue weighted by molar-refractivity contribution is 6.04. The van der Waals surface area contributed by atoms with E-state index in [1.165, 1.54) is 25.3 Å². The molecular weight excluding hydrogens is 406 g/mol. The third kappa shape index (κ3) is 5.93. The molecule has 0 fully saturated rings. The fourth-order valence-electron chi connectivity index (χ4n) is 2.77. The van der Waals surface area contributed by atoms with Gasteiger partial charge in [0.15, 0.2) is 11.5 Å². The minimum Gasteiger partial charge on any atom is -0.493 e. The van der Waals surface area contributed by atoms with Crippen LogP contribution in [0.5, 0.6) is 17.2 Å². The second-order valence-corrected chi connectivity index (χ2v) is 6.33.